The van der Waals surface area contributed by atoms with Gasteiger partial charge in [-0.1, -0.05) is 29.8 Å². The van der Waals surface area contributed by atoms with E-state index >= 15 is 0 Å². The lowest BCUT2D eigenvalue weighted by Gasteiger charge is -2.14. The van der Waals surface area contributed by atoms with Crippen molar-refractivity contribution in [3.8, 4) is 17.2 Å². The van der Waals surface area contributed by atoms with Crippen molar-refractivity contribution in [2.45, 2.75) is 6.54 Å². The molecule has 0 saturated carbocycles. The van der Waals surface area contributed by atoms with Gasteiger partial charge in [-0.05, 0) is 35.5 Å². The fraction of sp³-hybridized carbons (Fsp3) is 0.150. The molecule has 0 aliphatic carbocycles. The summed E-state index contributed by atoms with van der Waals surface area (Å²) in [5.74, 6) is -0.291. The average molecular weight is 448 g/mol. The molecule has 0 spiro atoms. The zero-order valence-corrected chi connectivity index (χ0v) is 16.9. The third-order valence-corrected chi connectivity index (χ3v) is 5.56. The molecule has 0 unspecified atom stereocenters. The Morgan fingerprint density at radius 1 is 1.23 bits per heavy atom. The molecule has 2 aliphatic heterocycles. The standard InChI is InChI=1S/C20H14ClNO7S/c21-13-7-16-15(28-10-29-16)5-12(13)8-22-19(25)17(30-20(22)26)6-11-3-1-2-4-14(11)27-9-18(23)24/h1-7H,8-10H2,(H,23,24)/b17-6+. The van der Waals surface area contributed by atoms with Gasteiger partial charge < -0.3 is 19.3 Å². The zero-order chi connectivity index (χ0) is 21.3. The second-order valence-electron chi connectivity index (χ2n) is 6.28. The maximum Gasteiger partial charge on any atom is 0.341 e. The smallest absolute Gasteiger partial charge is 0.341 e. The highest BCUT2D eigenvalue weighted by molar-refractivity contribution is 8.18. The lowest BCUT2D eigenvalue weighted by atomic mass is 10.1. The number of thioether (sulfide) groups is 1. The van der Waals surface area contributed by atoms with E-state index in [0.29, 0.717) is 33.4 Å². The number of aliphatic carboxylic acids is 1. The van der Waals surface area contributed by atoms with E-state index in [2.05, 4.69) is 0 Å². The molecule has 0 radical (unpaired) electrons. The van der Waals surface area contributed by atoms with Gasteiger partial charge in [0.05, 0.1) is 11.4 Å². The van der Waals surface area contributed by atoms with Gasteiger partial charge in [-0.3, -0.25) is 14.5 Å². The van der Waals surface area contributed by atoms with Gasteiger partial charge in [0.2, 0.25) is 6.79 Å². The molecule has 2 heterocycles. The number of nitrogens with zero attached hydrogens (tertiary/aromatic N) is 1. The number of para-hydroxylation sites is 1. The molecule has 0 aromatic heterocycles. The van der Waals surface area contributed by atoms with Gasteiger partial charge in [-0.15, -0.1) is 0 Å². The zero-order valence-electron chi connectivity index (χ0n) is 15.3. The lowest BCUT2D eigenvalue weighted by molar-refractivity contribution is -0.139. The van der Waals surface area contributed by atoms with Crippen LogP contribution in [0.25, 0.3) is 6.08 Å². The van der Waals surface area contributed by atoms with E-state index in [1.807, 2.05) is 0 Å². The van der Waals surface area contributed by atoms with Crippen molar-refractivity contribution < 1.29 is 33.7 Å². The molecule has 30 heavy (non-hydrogen) atoms. The minimum atomic E-state index is -1.12. The Bertz CT molecular complexity index is 1080. The number of halogens is 1. The van der Waals surface area contributed by atoms with Gasteiger partial charge in [0.15, 0.2) is 18.1 Å². The van der Waals surface area contributed by atoms with E-state index < -0.39 is 23.7 Å². The van der Waals surface area contributed by atoms with E-state index in [-0.39, 0.29) is 18.2 Å². The van der Waals surface area contributed by atoms with Crippen LogP contribution in [0.15, 0.2) is 41.3 Å². The molecule has 1 saturated heterocycles. The predicted octanol–water partition coefficient (Wildman–Crippen LogP) is 3.77. The Morgan fingerprint density at radius 3 is 2.73 bits per heavy atom. The summed E-state index contributed by atoms with van der Waals surface area (Å²) in [6, 6.07) is 9.89. The van der Waals surface area contributed by atoms with Crippen molar-refractivity contribution in [3.63, 3.8) is 0 Å². The summed E-state index contributed by atoms with van der Waals surface area (Å²) < 4.78 is 15.8. The van der Waals surface area contributed by atoms with Crippen LogP contribution in [0.2, 0.25) is 5.02 Å². The predicted molar refractivity (Wildman–Crippen MR) is 109 cm³/mol. The van der Waals surface area contributed by atoms with E-state index in [1.165, 1.54) is 6.08 Å². The van der Waals surface area contributed by atoms with Crippen LogP contribution in [-0.4, -0.2) is 40.5 Å². The van der Waals surface area contributed by atoms with Crippen LogP contribution in [0.3, 0.4) is 0 Å². The summed E-state index contributed by atoms with van der Waals surface area (Å²) in [5, 5.41) is 8.72. The van der Waals surface area contributed by atoms with Gasteiger partial charge in [-0.2, -0.15) is 0 Å². The monoisotopic (exact) mass is 447 g/mol. The summed E-state index contributed by atoms with van der Waals surface area (Å²) in [6.07, 6.45) is 1.50. The van der Waals surface area contributed by atoms with Crippen LogP contribution in [0.4, 0.5) is 4.79 Å². The number of imide groups is 1. The maximum atomic E-state index is 12.8. The molecule has 10 heteroatoms. The molecular formula is C20H14ClNO7S. The Kier molecular flexibility index (Phi) is 5.56. The Balaban J connectivity index is 1.56. The first-order valence-electron chi connectivity index (χ1n) is 8.69. The SMILES string of the molecule is O=C(O)COc1ccccc1/C=C1/SC(=O)N(Cc2cc3c(cc2Cl)OCO3)C1=O. The second kappa shape index (κ2) is 8.29. The van der Waals surface area contributed by atoms with E-state index in [9.17, 15) is 14.4 Å². The molecule has 4 rings (SSSR count). The minimum absolute atomic E-state index is 0.0192. The van der Waals surface area contributed by atoms with Crippen molar-refractivity contribution in [1.29, 1.82) is 0 Å². The molecule has 2 amide bonds. The highest BCUT2D eigenvalue weighted by atomic mass is 35.5. The lowest BCUT2D eigenvalue weighted by Crippen LogP contribution is -2.27. The number of carbonyl (C=O) groups excluding carboxylic acids is 2. The number of carboxylic acids is 1. The first-order valence-corrected chi connectivity index (χ1v) is 9.89. The number of benzene rings is 2. The van der Waals surface area contributed by atoms with Crippen LogP contribution in [0.5, 0.6) is 17.2 Å². The number of amides is 2. The number of rotatable bonds is 6. The fourth-order valence-corrected chi connectivity index (χ4v) is 3.94. The van der Waals surface area contributed by atoms with Crippen molar-refractivity contribution >= 4 is 46.6 Å². The largest absolute Gasteiger partial charge is 0.481 e. The van der Waals surface area contributed by atoms with Crippen LogP contribution in [-0.2, 0) is 16.1 Å². The quantitative estimate of drug-likeness (QED) is 0.667. The van der Waals surface area contributed by atoms with Gasteiger partial charge >= 0.3 is 5.97 Å². The number of carboxylic acid groups (broad SMARTS) is 1. The highest BCUT2D eigenvalue weighted by Crippen LogP contribution is 2.39. The maximum absolute atomic E-state index is 12.8. The molecule has 1 fully saturated rings. The molecule has 2 aromatic rings. The van der Waals surface area contributed by atoms with Crippen molar-refractivity contribution in [2.24, 2.45) is 0 Å². The highest BCUT2D eigenvalue weighted by Gasteiger charge is 2.36. The molecule has 154 valence electrons. The molecule has 0 atom stereocenters. The Hall–Kier alpha value is -3.17. The second-order valence-corrected chi connectivity index (χ2v) is 7.69. The first-order chi connectivity index (χ1) is 14.4. The van der Waals surface area contributed by atoms with Crippen LogP contribution in [0.1, 0.15) is 11.1 Å². The van der Waals surface area contributed by atoms with Crippen LogP contribution >= 0.6 is 23.4 Å². The van der Waals surface area contributed by atoms with Crippen molar-refractivity contribution in [3.05, 3.63) is 57.5 Å². The number of carbonyl (C=O) groups is 3. The van der Waals surface area contributed by atoms with E-state index in [4.69, 9.17) is 30.9 Å². The molecule has 1 N–H and O–H groups in total. The Labute approximate surface area is 180 Å². The number of hydrogen-bond acceptors (Lipinski definition) is 7. The number of fused-ring (bicyclic) bond motifs is 1. The Morgan fingerprint density at radius 2 is 1.97 bits per heavy atom. The molecule has 2 aliphatic rings. The van der Waals surface area contributed by atoms with E-state index in [1.54, 1.807) is 36.4 Å². The van der Waals surface area contributed by atoms with Gasteiger partial charge in [-0.25, -0.2) is 4.79 Å². The summed E-state index contributed by atoms with van der Waals surface area (Å²) in [4.78, 5) is 37.3. The van der Waals surface area contributed by atoms with Crippen LogP contribution < -0.4 is 14.2 Å². The van der Waals surface area contributed by atoms with E-state index in [0.717, 1.165) is 16.7 Å². The van der Waals surface area contributed by atoms with Gasteiger partial charge in [0.1, 0.15) is 5.75 Å². The topological polar surface area (TPSA) is 102 Å². The number of ether oxygens (including phenoxy) is 3. The summed E-state index contributed by atoms with van der Waals surface area (Å²) in [7, 11) is 0. The normalized spacial score (nSPS) is 16.4. The molecular weight excluding hydrogens is 434 g/mol. The molecule has 2 aromatic carbocycles. The molecule has 8 nitrogen and oxygen atoms in total. The van der Waals surface area contributed by atoms with Crippen molar-refractivity contribution in [1.82, 2.24) is 4.90 Å². The van der Waals surface area contributed by atoms with Gasteiger partial charge in [0, 0.05) is 16.7 Å². The molecule has 0 bridgehead atoms. The first kappa shape index (κ1) is 20.1. The third-order valence-electron chi connectivity index (χ3n) is 4.30. The van der Waals surface area contributed by atoms with Gasteiger partial charge in [0.25, 0.3) is 11.1 Å². The average Bonchev–Trinajstić information content (AvgIpc) is 3.26. The summed E-state index contributed by atoms with van der Waals surface area (Å²) in [5.41, 5.74) is 1.04. The minimum Gasteiger partial charge on any atom is -0.481 e. The summed E-state index contributed by atoms with van der Waals surface area (Å²) >= 11 is 7.05. The van der Waals surface area contributed by atoms with Crippen molar-refractivity contribution in [2.75, 3.05) is 13.4 Å². The third kappa shape index (κ3) is 4.07. The number of hydrogen-bond donors (Lipinski definition) is 1. The summed E-state index contributed by atoms with van der Waals surface area (Å²) in [6.45, 7) is -0.452. The van der Waals surface area contributed by atoms with Crippen LogP contribution in [0, 0.1) is 0 Å². The fourth-order valence-electron chi connectivity index (χ4n) is 2.90.